The molecule has 1 aliphatic carbocycles. The van der Waals surface area contributed by atoms with Gasteiger partial charge in [-0.05, 0) is 45.4 Å². The number of nitrogens with one attached hydrogen (secondary N) is 1. The summed E-state index contributed by atoms with van der Waals surface area (Å²) in [6, 6.07) is 0. The Morgan fingerprint density at radius 3 is 2.71 bits per heavy atom. The van der Waals surface area contributed by atoms with Crippen LogP contribution in [-0.4, -0.2) is 49.1 Å². The zero-order chi connectivity index (χ0) is 17.4. The fourth-order valence-corrected chi connectivity index (χ4v) is 3.73. The lowest BCUT2D eigenvalue weighted by molar-refractivity contribution is -0.139. The SMILES string of the molecule is CC(C)OCCCNC(=O)[C@H]1CCC(=O)N(CC2CCCCC2)C1. The number of piperidine rings is 1. The second-order valence-electron chi connectivity index (χ2n) is 7.60. The molecule has 2 aliphatic rings. The quantitative estimate of drug-likeness (QED) is 0.692. The van der Waals surface area contributed by atoms with Gasteiger partial charge in [0.05, 0.1) is 12.0 Å². The van der Waals surface area contributed by atoms with Crippen LogP contribution in [0.1, 0.15) is 65.2 Å². The molecule has 0 aromatic rings. The van der Waals surface area contributed by atoms with Gasteiger partial charge in [-0.25, -0.2) is 0 Å². The molecule has 1 N–H and O–H groups in total. The number of carbonyl (C=O) groups is 2. The zero-order valence-corrected chi connectivity index (χ0v) is 15.4. The number of amides is 2. The average Bonchev–Trinajstić information content (AvgIpc) is 2.57. The topological polar surface area (TPSA) is 58.6 Å². The first-order valence-electron chi connectivity index (χ1n) is 9.73. The van der Waals surface area contributed by atoms with Crippen molar-refractivity contribution in [2.24, 2.45) is 11.8 Å². The molecule has 1 aliphatic heterocycles. The monoisotopic (exact) mass is 338 g/mol. The lowest BCUT2D eigenvalue weighted by atomic mass is 9.87. The van der Waals surface area contributed by atoms with Crippen LogP contribution < -0.4 is 5.32 Å². The maximum Gasteiger partial charge on any atom is 0.224 e. The summed E-state index contributed by atoms with van der Waals surface area (Å²) in [4.78, 5) is 26.5. The fourth-order valence-electron chi connectivity index (χ4n) is 3.73. The summed E-state index contributed by atoms with van der Waals surface area (Å²) in [6.07, 6.45) is 8.64. The molecule has 0 unspecified atom stereocenters. The number of hydrogen-bond donors (Lipinski definition) is 1. The molecule has 5 nitrogen and oxygen atoms in total. The largest absolute Gasteiger partial charge is 0.379 e. The van der Waals surface area contributed by atoms with Gasteiger partial charge in [0.15, 0.2) is 0 Å². The van der Waals surface area contributed by atoms with Crippen LogP contribution in [0.3, 0.4) is 0 Å². The summed E-state index contributed by atoms with van der Waals surface area (Å²) in [5.74, 6) is 0.922. The van der Waals surface area contributed by atoms with Crippen LogP contribution in [0.4, 0.5) is 0 Å². The Hall–Kier alpha value is -1.10. The van der Waals surface area contributed by atoms with Gasteiger partial charge in [-0.15, -0.1) is 0 Å². The number of carbonyl (C=O) groups excluding carboxylic acids is 2. The van der Waals surface area contributed by atoms with E-state index in [0.717, 1.165) is 13.0 Å². The summed E-state index contributed by atoms with van der Waals surface area (Å²) in [5, 5.41) is 3.01. The van der Waals surface area contributed by atoms with E-state index >= 15 is 0 Å². The first kappa shape index (κ1) is 19.2. The van der Waals surface area contributed by atoms with E-state index in [1.54, 1.807) is 0 Å². The van der Waals surface area contributed by atoms with E-state index in [-0.39, 0.29) is 23.8 Å². The molecule has 0 bridgehead atoms. The summed E-state index contributed by atoms with van der Waals surface area (Å²) in [6.45, 7) is 6.80. The lowest BCUT2D eigenvalue weighted by Crippen LogP contribution is -2.47. The van der Waals surface area contributed by atoms with Crippen LogP contribution in [0.2, 0.25) is 0 Å². The molecule has 1 saturated carbocycles. The van der Waals surface area contributed by atoms with Crippen molar-refractivity contribution >= 4 is 11.8 Å². The molecule has 1 saturated heterocycles. The normalized spacial score (nSPS) is 22.9. The molecule has 1 heterocycles. The lowest BCUT2D eigenvalue weighted by Gasteiger charge is -2.35. The predicted octanol–water partition coefficient (Wildman–Crippen LogP) is 2.74. The highest BCUT2D eigenvalue weighted by Gasteiger charge is 2.31. The summed E-state index contributed by atoms with van der Waals surface area (Å²) in [7, 11) is 0. The van der Waals surface area contributed by atoms with Crippen molar-refractivity contribution in [3.8, 4) is 0 Å². The number of hydrogen-bond acceptors (Lipinski definition) is 3. The van der Waals surface area contributed by atoms with Gasteiger partial charge in [0.2, 0.25) is 11.8 Å². The molecule has 0 radical (unpaired) electrons. The van der Waals surface area contributed by atoms with E-state index in [9.17, 15) is 9.59 Å². The number of nitrogens with zero attached hydrogens (tertiary/aromatic N) is 1. The number of likely N-dealkylation sites (tertiary alicyclic amines) is 1. The van der Waals surface area contributed by atoms with Crippen molar-refractivity contribution in [1.29, 1.82) is 0 Å². The van der Waals surface area contributed by atoms with Gasteiger partial charge in [-0.2, -0.15) is 0 Å². The Morgan fingerprint density at radius 1 is 1.25 bits per heavy atom. The molecule has 2 amide bonds. The van der Waals surface area contributed by atoms with Crippen LogP contribution in [-0.2, 0) is 14.3 Å². The molecular formula is C19H34N2O3. The van der Waals surface area contributed by atoms with Gasteiger partial charge in [0, 0.05) is 32.7 Å². The van der Waals surface area contributed by atoms with E-state index in [4.69, 9.17) is 4.74 Å². The van der Waals surface area contributed by atoms with Crippen LogP contribution in [0.15, 0.2) is 0 Å². The van der Waals surface area contributed by atoms with E-state index in [0.29, 0.717) is 38.5 Å². The van der Waals surface area contributed by atoms with Crippen molar-refractivity contribution in [2.45, 2.75) is 71.3 Å². The van der Waals surface area contributed by atoms with Crippen LogP contribution in [0.25, 0.3) is 0 Å². The van der Waals surface area contributed by atoms with Crippen molar-refractivity contribution in [3.63, 3.8) is 0 Å². The third-order valence-electron chi connectivity index (χ3n) is 5.15. The van der Waals surface area contributed by atoms with Gasteiger partial charge in [-0.3, -0.25) is 9.59 Å². The van der Waals surface area contributed by atoms with Crippen molar-refractivity contribution in [2.75, 3.05) is 26.2 Å². The third-order valence-corrected chi connectivity index (χ3v) is 5.15. The number of ether oxygens (including phenoxy) is 1. The molecule has 24 heavy (non-hydrogen) atoms. The van der Waals surface area contributed by atoms with Crippen molar-refractivity contribution in [1.82, 2.24) is 10.2 Å². The first-order chi connectivity index (χ1) is 11.6. The second kappa shape index (κ2) is 10.0. The molecular weight excluding hydrogens is 304 g/mol. The standard InChI is InChI=1S/C19H34N2O3/c1-15(2)24-12-6-11-20-19(23)17-9-10-18(22)21(14-17)13-16-7-4-3-5-8-16/h15-17H,3-14H2,1-2H3,(H,20,23)/t17-/m0/s1. The van der Waals surface area contributed by atoms with Crippen LogP contribution in [0, 0.1) is 11.8 Å². The Labute approximate surface area is 146 Å². The molecule has 0 aromatic carbocycles. The highest BCUT2D eigenvalue weighted by atomic mass is 16.5. The van der Waals surface area contributed by atoms with Crippen molar-refractivity contribution in [3.05, 3.63) is 0 Å². The average molecular weight is 338 g/mol. The Balaban J connectivity index is 1.70. The molecule has 138 valence electrons. The maximum absolute atomic E-state index is 12.3. The third kappa shape index (κ3) is 6.42. The number of rotatable bonds is 8. The van der Waals surface area contributed by atoms with Crippen LogP contribution in [0.5, 0.6) is 0 Å². The second-order valence-corrected chi connectivity index (χ2v) is 7.60. The van der Waals surface area contributed by atoms with Gasteiger partial charge >= 0.3 is 0 Å². The van der Waals surface area contributed by atoms with Gasteiger partial charge < -0.3 is 15.0 Å². The Bertz CT molecular complexity index is 405. The minimum Gasteiger partial charge on any atom is -0.379 e. The maximum atomic E-state index is 12.3. The molecule has 2 fully saturated rings. The first-order valence-corrected chi connectivity index (χ1v) is 9.73. The van der Waals surface area contributed by atoms with Crippen LogP contribution >= 0.6 is 0 Å². The Morgan fingerprint density at radius 2 is 2.00 bits per heavy atom. The van der Waals surface area contributed by atoms with E-state index in [2.05, 4.69) is 5.32 Å². The smallest absolute Gasteiger partial charge is 0.224 e. The molecule has 2 rings (SSSR count). The summed E-state index contributed by atoms with van der Waals surface area (Å²) >= 11 is 0. The molecule has 0 spiro atoms. The highest BCUT2D eigenvalue weighted by molar-refractivity contribution is 5.83. The summed E-state index contributed by atoms with van der Waals surface area (Å²) < 4.78 is 5.48. The molecule has 5 heteroatoms. The highest BCUT2D eigenvalue weighted by Crippen LogP contribution is 2.27. The minimum atomic E-state index is -0.0442. The Kier molecular flexibility index (Phi) is 8.03. The zero-order valence-electron chi connectivity index (χ0n) is 15.4. The fraction of sp³-hybridized carbons (Fsp3) is 0.895. The van der Waals surface area contributed by atoms with E-state index in [1.165, 1.54) is 32.1 Å². The molecule has 0 aromatic heterocycles. The predicted molar refractivity (Wildman–Crippen MR) is 94.6 cm³/mol. The minimum absolute atomic E-state index is 0.0442. The van der Waals surface area contributed by atoms with Gasteiger partial charge in [0.25, 0.3) is 0 Å². The summed E-state index contributed by atoms with van der Waals surface area (Å²) in [5.41, 5.74) is 0. The van der Waals surface area contributed by atoms with E-state index in [1.807, 2.05) is 18.7 Å². The van der Waals surface area contributed by atoms with Gasteiger partial charge in [-0.1, -0.05) is 19.3 Å². The van der Waals surface area contributed by atoms with Gasteiger partial charge in [0.1, 0.15) is 0 Å². The molecule has 1 atom stereocenters. The van der Waals surface area contributed by atoms with E-state index < -0.39 is 0 Å². The van der Waals surface area contributed by atoms with Crippen molar-refractivity contribution < 1.29 is 14.3 Å².